The number of aryl methyl sites for hydroxylation is 2. The fourth-order valence-corrected chi connectivity index (χ4v) is 4.00. The Bertz CT molecular complexity index is 1200. The molecule has 1 aromatic heterocycles. The smallest absolute Gasteiger partial charge is 0.339 e. The fourth-order valence-electron chi connectivity index (χ4n) is 3.70. The highest BCUT2D eigenvalue weighted by atomic mass is 35.5. The van der Waals surface area contributed by atoms with Crippen molar-refractivity contribution in [2.75, 3.05) is 0 Å². The standard InChI is InChI=1S/C21H18ClFN2O3/c1-9-7-16-18(10(2)11(3)21(27)28-16)20(26)17(9)14-8-15(25-24-14)19-12(22)5-4-6-13(19)23/h4-7,15,25-26H,8H2,1-3H3/t15-/m1/s1. The molecular weight excluding hydrogens is 383 g/mol. The number of rotatable bonds is 2. The van der Waals surface area contributed by atoms with Gasteiger partial charge >= 0.3 is 5.63 Å². The minimum Gasteiger partial charge on any atom is -0.506 e. The Hall–Kier alpha value is -2.86. The Balaban J connectivity index is 1.81. The van der Waals surface area contributed by atoms with Crippen molar-refractivity contribution in [3.8, 4) is 5.75 Å². The number of phenolic OH excluding ortho intramolecular Hbond substituents is 1. The number of hydrogen-bond donors (Lipinski definition) is 2. The summed E-state index contributed by atoms with van der Waals surface area (Å²) < 4.78 is 19.6. The van der Waals surface area contributed by atoms with Gasteiger partial charge in [0.2, 0.25) is 0 Å². The number of fused-ring (bicyclic) bond motifs is 1. The molecule has 0 fully saturated rings. The van der Waals surface area contributed by atoms with Gasteiger partial charge in [-0.05, 0) is 50.1 Å². The van der Waals surface area contributed by atoms with E-state index in [1.54, 1.807) is 39.0 Å². The van der Waals surface area contributed by atoms with Crippen LogP contribution in [0.1, 0.15) is 40.3 Å². The van der Waals surface area contributed by atoms with Crippen molar-refractivity contribution < 1.29 is 13.9 Å². The Morgan fingerprint density at radius 1 is 1.29 bits per heavy atom. The van der Waals surface area contributed by atoms with Crippen LogP contribution in [0.4, 0.5) is 4.39 Å². The van der Waals surface area contributed by atoms with Crippen LogP contribution in [0, 0.1) is 26.6 Å². The number of phenols is 1. The van der Waals surface area contributed by atoms with Crippen molar-refractivity contribution in [3.63, 3.8) is 0 Å². The first-order valence-electron chi connectivity index (χ1n) is 8.82. The lowest BCUT2D eigenvalue weighted by atomic mass is 9.93. The van der Waals surface area contributed by atoms with E-state index in [2.05, 4.69) is 10.5 Å². The third kappa shape index (κ3) is 2.76. The van der Waals surface area contributed by atoms with Crippen LogP contribution in [0.3, 0.4) is 0 Å². The molecule has 0 spiro atoms. The number of benzene rings is 2. The summed E-state index contributed by atoms with van der Waals surface area (Å²) in [6.07, 6.45) is 0.357. The second-order valence-electron chi connectivity index (χ2n) is 7.01. The van der Waals surface area contributed by atoms with E-state index < -0.39 is 17.5 Å². The third-order valence-corrected chi connectivity index (χ3v) is 5.63. The zero-order valence-corrected chi connectivity index (χ0v) is 16.3. The molecule has 2 heterocycles. The van der Waals surface area contributed by atoms with Crippen molar-refractivity contribution in [2.24, 2.45) is 5.10 Å². The Morgan fingerprint density at radius 2 is 2.04 bits per heavy atom. The lowest BCUT2D eigenvalue weighted by molar-refractivity contribution is 0.476. The molecule has 0 radical (unpaired) electrons. The van der Waals surface area contributed by atoms with E-state index >= 15 is 0 Å². The predicted molar refractivity (Wildman–Crippen MR) is 107 cm³/mol. The quantitative estimate of drug-likeness (QED) is 0.614. The van der Waals surface area contributed by atoms with Crippen LogP contribution < -0.4 is 11.1 Å². The molecule has 0 saturated heterocycles. The fraction of sp³-hybridized carbons (Fsp3) is 0.238. The average molecular weight is 401 g/mol. The number of halogens is 2. The van der Waals surface area contributed by atoms with Gasteiger partial charge in [-0.1, -0.05) is 17.7 Å². The maximum atomic E-state index is 14.3. The van der Waals surface area contributed by atoms with E-state index in [1.165, 1.54) is 6.07 Å². The molecule has 0 aliphatic carbocycles. The van der Waals surface area contributed by atoms with E-state index in [0.717, 1.165) is 0 Å². The topological polar surface area (TPSA) is 74.8 Å². The van der Waals surface area contributed by atoms with E-state index in [9.17, 15) is 14.3 Å². The van der Waals surface area contributed by atoms with Gasteiger partial charge in [-0.25, -0.2) is 9.18 Å². The van der Waals surface area contributed by atoms with Gasteiger partial charge in [-0.3, -0.25) is 0 Å². The Labute approximate surface area is 165 Å². The summed E-state index contributed by atoms with van der Waals surface area (Å²) >= 11 is 6.17. The molecule has 4 rings (SSSR count). The maximum absolute atomic E-state index is 14.3. The van der Waals surface area contributed by atoms with E-state index in [-0.39, 0.29) is 5.75 Å². The van der Waals surface area contributed by atoms with Crippen molar-refractivity contribution in [1.82, 2.24) is 5.43 Å². The van der Waals surface area contributed by atoms with Crippen LogP contribution >= 0.6 is 11.6 Å². The van der Waals surface area contributed by atoms with Gasteiger partial charge in [-0.15, -0.1) is 0 Å². The van der Waals surface area contributed by atoms with Crippen molar-refractivity contribution in [2.45, 2.75) is 33.2 Å². The number of hydrogen-bond acceptors (Lipinski definition) is 5. The molecule has 0 bridgehead atoms. The summed E-state index contributed by atoms with van der Waals surface area (Å²) in [5.41, 5.74) is 6.11. The average Bonchev–Trinajstić information content (AvgIpc) is 3.08. The highest BCUT2D eigenvalue weighted by Crippen LogP contribution is 2.38. The molecule has 0 saturated carbocycles. The van der Waals surface area contributed by atoms with Gasteiger partial charge in [0, 0.05) is 28.1 Å². The lowest BCUT2D eigenvalue weighted by Crippen LogP contribution is -2.13. The second-order valence-corrected chi connectivity index (χ2v) is 7.42. The molecular formula is C21H18ClFN2O3. The van der Waals surface area contributed by atoms with Gasteiger partial charge in [0.1, 0.15) is 17.1 Å². The number of nitrogens with one attached hydrogen (secondary N) is 1. The molecule has 1 atom stereocenters. The number of nitrogens with zero attached hydrogens (tertiary/aromatic N) is 1. The van der Waals surface area contributed by atoms with E-state index in [0.29, 0.717) is 55.9 Å². The van der Waals surface area contributed by atoms with Crippen LogP contribution in [0.2, 0.25) is 5.02 Å². The molecule has 28 heavy (non-hydrogen) atoms. The molecule has 3 aromatic rings. The highest BCUT2D eigenvalue weighted by Gasteiger charge is 2.29. The summed E-state index contributed by atoms with van der Waals surface area (Å²) in [5, 5.41) is 16.1. The minimum absolute atomic E-state index is 0.000167. The van der Waals surface area contributed by atoms with Gasteiger partial charge in [0.25, 0.3) is 0 Å². The third-order valence-electron chi connectivity index (χ3n) is 5.30. The lowest BCUT2D eigenvalue weighted by Gasteiger charge is -2.15. The normalized spacial score (nSPS) is 16.3. The van der Waals surface area contributed by atoms with Crippen molar-refractivity contribution in [1.29, 1.82) is 0 Å². The van der Waals surface area contributed by atoms with Gasteiger partial charge < -0.3 is 14.9 Å². The van der Waals surface area contributed by atoms with E-state index in [4.69, 9.17) is 16.0 Å². The van der Waals surface area contributed by atoms with Crippen molar-refractivity contribution >= 4 is 28.3 Å². The van der Waals surface area contributed by atoms with E-state index in [1.807, 2.05) is 0 Å². The molecule has 144 valence electrons. The summed E-state index contributed by atoms with van der Waals surface area (Å²) in [4.78, 5) is 12.0. The minimum atomic E-state index is -0.435. The summed E-state index contributed by atoms with van der Waals surface area (Å²) in [6, 6.07) is 5.82. The summed E-state index contributed by atoms with van der Waals surface area (Å²) in [7, 11) is 0. The molecule has 2 aromatic carbocycles. The SMILES string of the molecule is Cc1cc2oc(=O)c(C)c(C)c2c(O)c1C1=NN[C@@H](c2c(F)cccc2Cl)C1. The molecule has 0 amide bonds. The zero-order valence-electron chi connectivity index (χ0n) is 15.6. The van der Waals surface area contributed by atoms with Crippen LogP contribution in [0.5, 0.6) is 5.75 Å². The first kappa shape index (κ1) is 18.5. The maximum Gasteiger partial charge on any atom is 0.339 e. The Kier molecular flexibility index (Phi) is 4.38. The predicted octanol–water partition coefficient (Wildman–Crippen LogP) is 4.66. The molecule has 5 nitrogen and oxygen atoms in total. The van der Waals surface area contributed by atoms with Gasteiger partial charge in [-0.2, -0.15) is 5.10 Å². The van der Waals surface area contributed by atoms with Crippen LogP contribution in [-0.2, 0) is 0 Å². The molecule has 1 aliphatic heterocycles. The molecule has 1 aliphatic rings. The second kappa shape index (κ2) is 6.63. The van der Waals surface area contributed by atoms with Gasteiger partial charge in [0.05, 0.1) is 17.1 Å². The molecule has 2 N–H and O–H groups in total. The van der Waals surface area contributed by atoms with Crippen LogP contribution in [0.15, 0.2) is 38.6 Å². The van der Waals surface area contributed by atoms with Crippen LogP contribution in [-0.4, -0.2) is 10.8 Å². The van der Waals surface area contributed by atoms with Crippen molar-refractivity contribution in [3.05, 3.63) is 73.3 Å². The monoisotopic (exact) mass is 400 g/mol. The summed E-state index contributed by atoms with van der Waals surface area (Å²) in [5.74, 6) is -0.408. The zero-order chi connectivity index (χ0) is 20.2. The number of hydrazone groups is 1. The molecule has 0 unspecified atom stereocenters. The highest BCUT2D eigenvalue weighted by molar-refractivity contribution is 6.31. The first-order chi connectivity index (χ1) is 13.3. The van der Waals surface area contributed by atoms with Gasteiger partial charge in [0.15, 0.2) is 0 Å². The van der Waals surface area contributed by atoms with Crippen LogP contribution in [0.25, 0.3) is 11.0 Å². The largest absolute Gasteiger partial charge is 0.506 e. The Morgan fingerprint density at radius 3 is 2.75 bits per heavy atom. The number of aromatic hydroxyl groups is 1. The summed E-state index contributed by atoms with van der Waals surface area (Å²) in [6.45, 7) is 5.23. The first-order valence-corrected chi connectivity index (χ1v) is 9.20. The molecule has 7 heteroatoms.